The van der Waals surface area contributed by atoms with Crippen molar-refractivity contribution in [2.75, 3.05) is 50.4 Å². The molecule has 0 bridgehead atoms. The summed E-state index contributed by atoms with van der Waals surface area (Å²) in [5.74, 6) is 0.0599. The molecular formula is C21H29Cl2N3O4S. The number of Topliss-reactive ketones (excluding diaryl/α,β-unsaturated/α-hetero) is 1. The van der Waals surface area contributed by atoms with Gasteiger partial charge in [-0.15, -0.1) is 0 Å². The van der Waals surface area contributed by atoms with E-state index in [0.29, 0.717) is 66.8 Å². The Hall–Kier alpha value is -1.19. The minimum atomic E-state index is -3.24. The molecule has 7 nitrogen and oxygen atoms in total. The molecule has 0 aromatic heterocycles. The Balaban J connectivity index is 1.67. The van der Waals surface area contributed by atoms with Crippen molar-refractivity contribution in [3.8, 4) is 0 Å². The third kappa shape index (κ3) is 6.65. The fraction of sp³-hybridized carbons (Fsp3) is 0.619. The summed E-state index contributed by atoms with van der Waals surface area (Å²) >= 11 is 12.3. The van der Waals surface area contributed by atoms with Crippen LogP contribution < -0.4 is 4.90 Å². The highest BCUT2D eigenvalue weighted by Gasteiger charge is 2.32. The van der Waals surface area contributed by atoms with Crippen molar-refractivity contribution in [2.45, 2.75) is 32.1 Å². The van der Waals surface area contributed by atoms with Gasteiger partial charge in [0.25, 0.3) is 0 Å². The van der Waals surface area contributed by atoms with Crippen molar-refractivity contribution in [1.82, 2.24) is 9.21 Å². The lowest BCUT2D eigenvalue weighted by Gasteiger charge is -2.34. The first-order valence-corrected chi connectivity index (χ1v) is 13.2. The molecule has 2 heterocycles. The Kier molecular flexibility index (Phi) is 8.37. The molecule has 0 radical (unpaired) electrons. The van der Waals surface area contributed by atoms with E-state index in [1.165, 1.54) is 10.6 Å². The van der Waals surface area contributed by atoms with E-state index in [9.17, 15) is 18.0 Å². The van der Waals surface area contributed by atoms with Gasteiger partial charge in [-0.2, -0.15) is 0 Å². The molecule has 2 aliphatic rings. The molecule has 31 heavy (non-hydrogen) atoms. The van der Waals surface area contributed by atoms with Crippen LogP contribution in [0.1, 0.15) is 32.1 Å². The number of nitrogens with zero attached hydrogens (tertiary/aromatic N) is 3. The number of carbonyl (C=O) groups is 2. The van der Waals surface area contributed by atoms with E-state index >= 15 is 0 Å². The summed E-state index contributed by atoms with van der Waals surface area (Å²) in [4.78, 5) is 28.8. The zero-order valence-corrected chi connectivity index (χ0v) is 20.1. The number of anilines is 1. The van der Waals surface area contributed by atoms with Crippen LogP contribution in [0, 0.1) is 5.92 Å². The molecule has 3 rings (SSSR count). The molecule has 0 unspecified atom stereocenters. The molecule has 1 aromatic carbocycles. The Morgan fingerprint density at radius 2 is 1.74 bits per heavy atom. The highest BCUT2D eigenvalue weighted by Crippen LogP contribution is 2.30. The van der Waals surface area contributed by atoms with E-state index in [1.54, 1.807) is 23.1 Å². The first kappa shape index (κ1) is 24.5. The van der Waals surface area contributed by atoms with Crippen molar-refractivity contribution in [2.24, 2.45) is 5.92 Å². The fourth-order valence-electron chi connectivity index (χ4n) is 4.15. The summed E-state index contributed by atoms with van der Waals surface area (Å²) in [6.07, 6.45) is 4.15. The average molecular weight is 490 g/mol. The van der Waals surface area contributed by atoms with E-state index < -0.39 is 10.0 Å². The van der Waals surface area contributed by atoms with Gasteiger partial charge in [-0.05, 0) is 44.0 Å². The quantitative estimate of drug-likeness (QED) is 0.587. The Morgan fingerprint density at radius 1 is 1.10 bits per heavy atom. The molecule has 1 aromatic rings. The number of halogens is 2. The summed E-state index contributed by atoms with van der Waals surface area (Å²) in [6, 6.07) is 5.17. The van der Waals surface area contributed by atoms with Gasteiger partial charge in [0.15, 0.2) is 0 Å². The van der Waals surface area contributed by atoms with Crippen molar-refractivity contribution in [3.63, 3.8) is 0 Å². The summed E-state index contributed by atoms with van der Waals surface area (Å²) in [5, 5.41) is 0.815. The zero-order chi connectivity index (χ0) is 22.6. The predicted molar refractivity (Wildman–Crippen MR) is 123 cm³/mol. The molecule has 0 saturated carbocycles. The maximum Gasteiger partial charge on any atom is 0.230 e. The Morgan fingerprint density at radius 3 is 2.32 bits per heavy atom. The van der Waals surface area contributed by atoms with Gasteiger partial charge in [-0.1, -0.05) is 23.2 Å². The van der Waals surface area contributed by atoms with Crippen LogP contribution in [0.25, 0.3) is 0 Å². The van der Waals surface area contributed by atoms with Gasteiger partial charge in [0.2, 0.25) is 15.9 Å². The smallest absolute Gasteiger partial charge is 0.230 e. The molecule has 0 atom stereocenters. The number of likely N-dealkylation sites (tertiary alicyclic amines) is 1. The Labute approximate surface area is 194 Å². The van der Waals surface area contributed by atoms with Gasteiger partial charge in [-0.25, -0.2) is 12.7 Å². The summed E-state index contributed by atoms with van der Waals surface area (Å²) in [7, 11) is -3.24. The van der Waals surface area contributed by atoms with Crippen molar-refractivity contribution in [1.29, 1.82) is 0 Å². The second-order valence-electron chi connectivity index (χ2n) is 8.26. The minimum Gasteiger partial charge on any atom is -0.312 e. The molecule has 10 heteroatoms. The first-order valence-electron chi connectivity index (χ1n) is 10.6. The molecular weight excluding hydrogens is 461 g/mol. The second kappa shape index (κ2) is 10.6. The maximum atomic E-state index is 13.4. The number of carbonyl (C=O) groups excluding carboxylic acids is 2. The van der Waals surface area contributed by atoms with Crippen LogP contribution in [0.2, 0.25) is 10.0 Å². The number of hydrogen-bond donors (Lipinski definition) is 0. The van der Waals surface area contributed by atoms with Gasteiger partial charge in [0, 0.05) is 57.2 Å². The lowest BCUT2D eigenvalue weighted by molar-refractivity contribution is -0.123. The minimum absolute atomic E-state index is 0.0136. The van der Waals surface area contributed by atoms with Crippen LogP contribution in [0.15, 0.2) is 18.2 Å². The largest absolute Gasteiger partial charge is 0.312 e. The summed E-state index contributed by atoms with van der Waals surface area (Å²) in [6.45, 7) is 3.57. The summed E-state index contributed by atoms with van der Waals surface area (Å²) in [5.41, 5.74) is 0.693. The Bertz CT molecular complexity index is 907. The van der Waals surface area contributed by atoms with E-state index in [0.717, 1.165) is 26.1 Å². The molecule has 0 aliphatic carbocycles. The van der Waals surface area contributed by atoms with Crippen LogP contribution >= 0.6 is 23.2 Å². The highest BCUT2D eigenvalue weighted by molar-refractivity contribution is 7.88. The number of amides is 1. The number of piperidine rings is 2. The predicted octanol–water partition coefficient (Wildman–Crippen LogP) is 3.05. The molecule has 0 N–H and O–H groups in total. The molecule has 2 aliphatic heterocycles. The van der Waals surface area contributed by atoms with E-state index in [-0.39, 0.29) is 11.8 Å². The normalized spacial score (nSPS) is 19.5. The van der Waals surface area contributed by atoms with Crippen LogP contribution in [0.4, 0.5) is 5.69 Å². The second-order valence-corrected chi connectivity index (χ2v) is 11.1. The molecule has 2 saturated heterocycles. The van der Waals surface area contributed by atoms with Crippen LogP contribution in [-0.4, -0.2) is 74.8 Å². The van der Waals surface area contributed by atoms with Crippen LogP contribution in [0.5, 0.6) is 0 Å². The molecule has 0 spiro atoms. The average Bonchev–Trinajstić information content (AvgIpc) is 2.74. The third-order valence-electron chi connectivity index (χ3n) is 6.02. The lowest BCUT2D eigenvalue weighted by Crippen LogP contribution is -2.45. The zero-order valence-electron chi connectivity index (χ0n) is 17.7. The number of rotatable bonds is 7. The van der Waals surface area contributed by atoms with Crippen LogP contribution in [0.3, 0.4) is 0 Å². The number of benzene rings is 1. The van der Waals surface area contributed by atoms with Crippen molar-refractivity contribution >= 4 is 50.6 Å². The lowest BCUT2D eigenvalue weighted by atomic mass is 9.96. The standard InChI is InChI=1S/C21H29Cl2N3O4S/c1-31(29,30)25-13-5-16(6-14-25)21(28)26(17-3-4-19(22)20(23)15-17)10-2-9-24-11-7-18(27)8-12-24/h3-4,15-16H,2,5-14H2,1H3. The van der Waals surface area contributed by atoms with Gasteiger partial charge >= 0.3 is 0 Å². The van der Waals surface area contributed by atoms with Gasteiger partial charge in [-0.3, -0.25) is 9.59 Å². The number of hydrogen-bond acceptors (Lipinski definition) is 5. The topological polar surface area (TPSA) is 78.0 Å². The van der Waals surface area contributed by atoms with Crippen molar-refractivity contribution < 1.29 is 18.0 Å². The monoisotopic (exact) mass is 489 g/mol. The molecule has 2 fully saturated rings. The molecule has 172 valence electrons. The van der Waals surface area contributed by atoms with E-state index in [4.69, 9.17) is 23.2 Å². The first-order chi connectivity index (χ1) is 14.6. The van der Waals surface area contributed by atoms with Crippen LogP contribution in [-0.2, 0) is 19.6 Å². The SMILES string of the molecule is CS(=O)(=O)N1CCC(C(=O)N(CCCN2CCC(=O)CC2)c2ccc(Cl)c(Cl)c2)CC1. The number of ketones is 1. The van der Waals surface area contributed by atoms with Gasteiger partial charge < -0.3 is 9.80 Å². The van der Waals surface area contributed by atoms with E-state index in [2.05, 4.69) is 4.90 Å². The number of sulfonamides is 1. The molecule has 1 amide bonds. The highest BCUT2D eigenvalue weighted by atomic mass is 35.5. The fourth-order valence-corrected chi connectivity index (χ4v) is 5.32. The van der Waals surface area contributed by atoms with E-state index in [1.807, 2.05) is 0 Å². The third-order valence-corrected chi connectivity index (χ3v) is 8.07. The van der Waals surface area contributed by atoms with Gasteiger partial charge in [0.1, 0.15) is 5.78 Å². The maximum absolute atomic E-state index is 13.4. The summed E-state index contributed by atoms with van der Waals surface area (Å²) < 4.78 is 25.0. The van der Waals surface area contributed by atoms with Gasteiger partial charge in [0.05, 0.1) is 16.3 Å². The van der Waals surface area contributed by atoms with Crippen molar-refractivity contribution in [3.05, 3.63) is 28.2 Å².